The van der Waals surface area contributed by atoms with Crippen molar-refractivity contribution >= 4 is 5.69 Å². The van der Waals surface area contributed by atoms with Crippen LogP contribution in [0.5, 0.6) is 0 Å². The zero-order chi connectivity index (χ0) is 11.7. The van der Waals surface area contributed by atoms with Crippen LogP contribution in [0.2, 0.25) is 0 Å². The molecular formula is C14H20N2. The number of rotatable bonds is 2. The van der Waals surface area contributed by atoms with Crippen LogP contribution in [0.3, 0.4) is 0 Å². The third-order valence-electron chi connectivity index (χ3n) is 3.10. The lowest BCUT2D eigenvalue weighted by atomic mass is 9.96. The fourth-order valence-electron chi connectivity index (χ4n) is 2.28. The van der Waals surface area contributed by atoms with Crippen molar-refractivity contribution in [1.82, 2.24) is 5.32 Å². The van der Waals surface area contributed by atoms with E-state index in [0.717, 1.165) is 6.67 Å². The van der Waals surface area contributed by atoms with Crippen LogP contribution in [-0.2, 0) is 0 Å². The van der Waals surface area contributed by atoms with Gasteiger partial charge in [-0.2, -0.15) is 0 Å². The highest BCUT2D eigenvalue weighted by molar-refractivity contribution is 5.62. The van der Waals surface area contributed by atoms with Crippen molar-refractivity contribution < 1.29 is 0 Å². The quantitative estimate of drug-likeness (QED) is 0.816. The van der Waals surface area contributed by atoms with Gasteiger partial charge < -0.3 is 10.2 Å². The molecule has 16 heavy (non-hydrogen) atoms. The van der Waals surface area contributed by atoms with Crippen LogP contribution in [0.25, 0.3) is 0 Å². The van der Waals surface area contributed by atoms with Gasteiger partial charge in [-0.05, 0) is 36.5 Å². The Kier molecular flexibility index (Phi) is 2.90. The van der Waals surface area contributed by atoms with E-state index < -0.39 is 0 Å². The van der Waals surface area contributed by atoms with E-state index in [1.807, 2.05) is 6.20 Å². The first-order valence-corrected chi connectivity index (χ1v) is 5.87. The summed E-state index contributed by atoms with van der Waals surface area (Å²) in [7, 11) is 0. The number of nitrogens with one attached hydrogen (secondary N) is 1. The normalized spacial score (nSPS) is 14.7. The maximum Gasteiger partial charge on any atom is 0.0916 e. The van der Waals surface area contributed by atoms with Gasteiger partial charge in [-0.1, -0.05) is 26.0 Å². The highest BCUT2D eigenvalue weighted by Crippen LogP contribution is 2.29. The van der Waals surface area contributed by atoms with E-state index in [1.54, 1.807) is 0 Å². The summed E-state index contributed by atoms with van der Waals surface area (Å²) in [6.45, 7) is 9.75. The number of benzene rings is 1. The van der Waals surface area contributed by atoms with Crippen molar-refractivity contribution in [2.45, 2.75) is 33.6 Å². The van der Waals surface area contributed by atoms with E-state index in [9.17, 15) is 0 Å². The molecule has 1 aromatic rings. The second kappa shape index (κ2) is 4.20. The number of anilines is 1. The summed E-state index contributed by atoms with van der Waals surface area (Å²) in [6, 6.07) is 4.61. The molecule has 0 saturated carbocycles. The van der Waals surface area contributed by atoms with E-state index in [1.165, 1.54) is 22.4 Å². The Balaban J connectivity index is 2.42. The molecule has 0 aromatic heterocycles. The van der Waals surface area contributed by atoms with Crippen LogP contribution < -0.4 is 10.2 Å². The molecule has 0 unspecified atom stereocenters. The molecule has 0 spiro atoms. The molecule has 86 valence electrons. The van der Waals surface area contributed by atoms with Gasteiger partial charge in [0.25, 0.3) is 0 Å². The average molecular weight is 216 g/mol. The Morgan fingerprint density at radius 1 is 1.19 bits per heavy atom. The Morgan fingerprint density at radius 2 is 1.81 bits per heavy atom. The molecule has 0 bridgehead atoms. The van der Waals surface area contributed by atoms with E-state index in [2.05, 4.69) is 56.2 Å². The predicted molar refractivity (Wildman–Crippen MR) is 69.6 cm³/mol. The SMILES string of the molecule is Cc1cc(C(C)C)cc(C)c1N1C=CNC1. The number of aryl methyl sites for hydroxylation is 2. The van der Waals surface area contributed by atoms with Crippen molar-refractivity contribution in [2.24, 2.45) is 0 Å². The van der Waals surface area contributed by atoms with Crippen LogP contribution in [-0.4, -0.2) is 6.67 Å². The highest BCUT2D eigenvalue weighted by atomic mass is 15.2. The molecule has 1 aliphatic heterocycles. The van der Waals surface area contributed by atoms with Crippen molar-refractivity contribution in [3.05, 3.63) is 41.2 Å². The van der Waals surface area contributed by atoms with Crippen LogP contribution in [0.15, 0.2) is 24.5 Å². The first-order valence-electron chi connectivity index (χ1n) is 5.87. The molecule has 1 heterocycles. The first kappa shape index (κ1) is 11.1. The van der Waals surface area contributed by atoms with Gasteiger partial charge >= 0.3 is 0 Å². The van der Waals surface area contributed by atoms with Gasteiger partial charge in [0.1, 0.15) is 0 Å². The average Bonchev–Trinajstić information content (AvgIpc) is 2.69. The molecule has 0 atom stereocenters. The molecule has 0 fully saturated rings. The molecule has 2 rings (SSSR count). The lowest BCUT2D eigenvalue weighted by Crippen LogP contribution is -2.21. The van der Waals surface area contributed by atoms with Crippen molar-refractivity contribution in [1.29, 1.82) is 0 Å². The van der Waals surface area contributed by atoms with Crippen LogP contribution in [0, 0.1) is 13.8 Å². The van der Waals surface area contributed by atoms with Crippen molar-refractivity contribution in [2.75, 3.05) is 11.6 Å². The summed E-state index contributed by atoms with van der Waals surface area (Å²) in [5.74, 6) is 0.596. The zero-order valence-electron chi connectivity index (χ0n) is 10.5. The minimum Gasteiger partial charge on any atom is -0.372 e. The largest absolute Gasteiger partial charge is 0.372 e. The summed E-state index contributed by atoms with van der Waals surface area (Å²) < 4.78 is 0. The molecular weight excluding hydrogens is 196 g/mol. The van der Waals surface area contributed by atoms with Gasteiger partial charge in [-0.3, -0.25) is 0 Å². The lowest BCUT2D eigenvalue weighted by Gasteiger charge is -2.22. The number of nitrogens with zero attached hydrogens (tertiary/aromatic N) is 1. The zero-order valence-corrected chi connectivity index (χ0v) is 10.5. The Bertz CT molecular complexity index is 396. The van der Waals surface area contributed by atoms with Crippen molar-refractivity contribution in [3.8, 4) is 0 Å². The van der Waals surface area contributed by atoms with Gasteiger partial charge in [0.05, 0.1) is 6.67 Å². The molecule has 1 aromatic carbocycles. The minimum absolute atomic E-state index is 0.596. The molecule has 0 radical (unpaired) electrons. The van der Waals surface area contributed by atoms with Gasteiger partial charge in [0, 0.05) is 18.1 Å². The smallest absolute Gasteiger partial charge is 0.0916 e. The van der Waals surface area contributed by atoms with E-state index in [-0.39, 0.29) is 0 Å². The molecule has 0 saturated heterocycles. The fourth-order valence-corrected chi connectivity index (χ4v) is 2.28. The first-order chi connectivity index (χ1) is 7.59. The molecule has 1 aliphatic rings. The van der Waals surface area contributed by atoms with E-state index >= 15 is 0 Å². The maximum atomic E-state index is 3.21. The van der Waals surface area contributed by atoms with Crippen LogP contribution in [0.4, 0.5) is 5.69 Å². The monoisotopic (exact) mass is 216 g/mol. The van der Waals surface area contributed by atoms with Gasteiger partial charge in [0.2, 0.25) is 0 Å². The van der Waals surface area contributed by atoms with Gasteiger partial charge in [-0.25, -0.2) is 0 Å². The van der Waals surface area contributed by atoms with Crippen LogP contribution >= 0.6 is 0 Å². The highest BCUT2D eigenvalue weighted by Gasteiger charge is 2.13. The number of hydrogen-bond donors (Lipinski definition) is 1. The predicted octanol–water partition coefficient (Wildman–Crippen LogP) is 3.27. The third kappa shape index (κ3) is 1.92. The van der Waals surface area contributed by atoms with E-state index in [4.69, 9.17) is 0 Å². The number of hydrogen-bond acceptors (Lipinski definition) is 2. The summed E-state index contributed by atoms with van der Waals surface area (Å²) in [5.41, 5.74) is 5.48. The van der Waals surface area contributed by atoms with E-state index in [0.29, 0.717) is 5.92 Å². The lowest BCUT2D eigenvalue weighted by molar-refractivity contribution is 0.857. The molecule has 0 amide bonds. The molecule has 1 N–H and O–H groups in total. The maximum absolute atomic E-state index is 3.21. The van der Waals surface area contributed by atoms with Gasteiger partial charge in [-0.15, -0.1) is 0 Å². The standard InChI is InChI=1S/C14H20N2/c1-10(2)13-7-11(3)14(12(4)8-13)16-6-5-15-9-16/h5-8,10,15H,9H2,1-4H3. The minimum atomic E-state index is 0.596. The summed E-state index contributed by atoms with van der Waals surface area (Å²) in [6.07, 6.45) is 4.10. The molecule has 0 aliphatic carbocycles. The Morgan fingerprint density at radius 3 is 2.25 bits per heavy atom. The molecule has 2 nitrogen and oxygen atoms in total. The molecule has 2 heteroatoms. The van der Waals surface area contributed by atoms with Crippen LogP contribution in [0.1, 0.15) is 36.5 Å². The van der Waals surface area contributed by atoms with Gasteiger partial charge in [0.15, 0.2) is 0 Å². The third-order valence-corrected chi connectivity index (χ3v) is 3.10. The Labute approximate surface area is 98.0 Å². The second-order valence-corrected chi connectivity index (χ2v) is 4.81. The summed E-state index contributed by atoms with van der Waals surface area (Å²) in [5, 5.41) is 3.21. The summed E-state index contributed by atoms with van der Waals surface area (Å²) in [4.78, 5) is 2.26. The Hall–Kier alpha value is -1.44. The fraction of sp³-hybridized carbons (Fsp3) is 0.429. The summed E-state index contributed by atoms with van der Waals surface area (Å²) >= 11 is 0. The second-order valence-electron chi connectivity index (χ2n) is 4.81. The van der Waals surface area contributed by atoms with Crippen molar-refractivity contribution in [3.63, 3.8) is 0 Å². The topological polar surface area (TPSA) is 15.3 Å².